The molecule has 2 rings (SSSR count). The Hall–Kier alpha value is -0.530. The van der Waals surface area contributed by atoms with E-state index in [1.54, 1.807) is 0 Å². The van der Waals surface area contributed by atoms with E-state index in [0.29, 0.717) is 5.41 Å². The molecule has 2 saturated carbocycles. The van der Waals surface area contributed by atoms with Crippen LogP contribution in [0.4, 0.5) is 0 Å². The first-order valence-electron chi connectivity index (χ1n) is 5.45. The minimum absolute atomic E-state index is 0.0359. The summed E-state index contributed by atoms with van der Waals surface area (Å²) in [5.41, 5.74) is 0.575. The van der Waals surface area contributed by atoms with Gasteiger partial charge in [-0.1, -0.05) is 12.8 Å². The largest absolute Gasteiger partial charge is 0.481 e. The van der Waals surface area contributed by atoms with Gasteiger partial charge in [-0.05, 0) is 43.9 Å². The zero-order chi connectivity index (χ0) is 9.31. The zero-order valence-electron chi connectivity index (χ0n) is 8.09. The van der Waals surface area contributed by atoms with Gasteiger partial charge in [-0.3, -0.25) is 4.79 Å². The smallest absolute Gasteiger partial charge is 0.306 e. The molecule has 0 radical (unpaired) electrons. The lowest BCUT2D eigenvalue weighted by Gasteiger charge is -2.35. The average Bonchev–Trinajstić information content (AvgIpc) is 2.54. The van der Waals surface area contributed by atoms with Crippen molar-refractivity contribution < 1.29 is 9.90 Å². The monoisotopic (exact) mass is 182 g/mol. The van der Waals surface area contributed by atoms with Crippen molar-refractivity contribution in [2.45, 2.75) is 51.4 Å². The number of hydrogen-bond acceptors (Lipinski definition) is 1. The summed E-state index contributed by atoms with van der Waals surface area (Å²) in [4.78, 5) is 10.8. The van der Waals surface area contributed by atoms with Gasteiger partial charge in [0.15, 0.2) is 0 Å². The standard InChI is InChI=1S/C11H18O2/c12-10(13)9-3-7-11(8-4-9)5-1-2-6-11/h9H,1-8H2,(H,12,13). The minimum atomic E-state index is -0.576. The SMILES string of the molecule is O=C(O)C1CCC2(CCCC2)CC1. The molecule has 1 N–H and O–H groups in total. The van der Waals surface area contributed by atoms with Crippen LogP contribution in [0.1, 0.15) is 51.4 Å². The van der Waals surface area contributed by atoms with Gasteiger partial charge in [-0.2, -0.15) is 0 Å². The Kier molecular flexibility index (Phi) is 2.31. The lowest BCUT2D eigenvalue weighted by molar-refractivity contribution is -0.143. The quantitative estimate of drug-likeness (QED) is 0.677. The number of rotatable bonds is 1. The second-order valence-corrected chi connectivity index (χ2v) is 4.82. The van der Waals surface area contributed by atoms with Crippen molar-refractivity contribution in [1.82, 2.24) is 0 Å². The van der Waals surface area contributed by atoms with Crippen LogP contribution in [0.25, 0.3) is 0 Å². The summed E-state index contributed by atoms with van der Waals surface area (Å²) in [6.45, 7) is 0. The fraction of sp³-hybridized carbons (Fsp3) is 0.909. The molecule has 0 bridgehead atoms. The van der Waals surface area contributed by atoms with Gasteiger partial charge in [-0.25, -0.2) is 0 Å². The van der Waals surface area contributed by atoms with Crippen molar-refractivity contribution in [3.63, 3.8) is 0 Å². The van der Waals surface area contributed by atoms with Crippen LogP contribution in [0, 0.1) is 11.3 Å². The minimum Gasteiger partial charge on any atom is -0.481 e. The van der Waals surface area contributed by atoms with E-state index in [1.165, 1.54) is 38.5 Å². The van der Waals surface area contributed by atoms with Crippen molar-refractivity contribution in [2.24, 2.45) is 11.3 Å². The van der Waals surface area contributed by atoms with E-state index in [9.17, 15) is 4.79 Å². The Morgan fingerprint density at radius 2 is 1.62 bits per heavy atom. The summed E-state index contributed by atoms with van der Waals surface area (Å²) in [7, 11) is 0. The molecule has 0 aliphatic heterocycles. The molecule has 13 heavy (non-hydrogen) atoms. The normalized spacial score (nSPS) is 28.0. The first-order chi connectivity index (χ1) is 6.22. The van der Waals surface area contributed by atoms with E-state index in [4.69, 9.17) is 5.11 Å². The van der Waals surface area contributed by atoms with Gasteiger partial charge in [0, 0.05) is 0 Å². The predicted octanol–water partition coefficient (Wildman–Crippen LogP) is 2.82. The molecule has 0 unspecified atom stereocenters. The lowest BCUT2D eigenvalue weighted by atomic mass is 9.69. The van der Waals surface area contributed by atoms with Crippen LogP contribution < -0.4 is 0 Å². The second-order valence-electron chi connectivity index (χ2n) is 4.82. The van der Waals surface area contributed by atoms with E-state index >= 15 is 0 Å². The molecule has 0 aromatic heterocycles. The van der Waals surface area contributed by atoms with E-state index in [1.807, 2.05) is 0 Å². The highest BCUT2D eigenvalue weighted by Gasteiger charge is 2.38. The summed E-state index contributed by atoms with van der Waals surface area (Å²) in [5, 5.41) is 8.87. The van der Waals surface area contributed by atoms with E-state index in [-0.39, 0.29) is 5.92 Å². The molecule has 0 heterocycles. The van der Waals surface area contributed by atoms with Crippen LogP contribution in [0.3, 0.4) is 0 Å². The van der Waals surface area contributed by atoms with Gasteiger partial charge < -0.3 is 5.11 Å². The van der Waals surface area contributed by atoms with Gasteiger partial charge >= 0.3 is 5.97 Å². The zero-order valence-corrected chi connectivity index (χ0v) is 8.09. The Labute approximate surface area is 79.3 Å². The fourth-order valence-corrected chi connectivity index (χ4v) is 3.10. The van der Waals surface area contributed by atoms with Crippen molar-refractivity contribution in [3.05, 3.63) is 0 Å². The molecule has 74 valence electrons. The Morgan fingerprint density at radius 1 is 1.08 bits per heavy atom. The van der Waals surface area contributed by atoms with Gasteiger partial charge in [-0.15, -0.1) is 0 Å². The molecule has 0 atom stereocenters. The van der Waals surface area contributed by atoms with E-state index in [0.717, 1.165) is 12.8 Å². The molecule has 0 saturated heterocycles. The molecular weight excluding hydrogens is 164 g/mol. The maximum Gasteiger partial charge on any atom is 0.306 e. The first-order valence-corrected chi connectivity index (χ1v) is 5.45. The number of carboxylic acid groups (broad SMARTS) is 1. The molecular formula is C11H18O2. The number of carbonyl (C=O) groups is 1. The van der Waals surface area contributed by atoms with Crippen LogP contribution >= 0.6 is 0 Å². The second kappa shape index (κ2) is 3.32. The Bertz CT molecular complexity index is 194. The highest BCUT2D eigenvalue weighted by Crippen LogP contribution is 2.50. The Balaban J connectivity index is 1.91. The summed E-state index contributed by atoms with van der Waals surface area (Å²) in [6, 6.07) is 0. The lowest BCUT2D eigenvalue weighted by Crippen LogP contribution is -2.28. The van der Waals surface area contributed by atoms with Gasteiger partial charge in [0.25, 0.3) is 0 Å². The predicted molar refractivity (Wildman–Crippen MR) is 50.5 cm³/mol. The van der Waals surface area contributed by atoms with Crippen LogP contribution in [0.5, 0.6) is 0 Å². The summed E-state index contributed by atoms with van der Waals surface area (Å²) in [5.74, 6) is -0.612. The fourth-order valence-electron chi connectivity index (χ4n) is 3.10. The highest BCUT2D eigenvalue weighted by molar-refractivity contribution is 5.70. The Morgan fingerprint density at radius 3 is 2.08 bits per heavy atom. The third-order valence-corrected chi connectivity index (χ3v) is 4.06. The van der Waals surface area contributed by atoms with Crippen molar-refractivity contribution >= 4 is 5.97 Å². The van der Waals surface area contributed by atoms with E-state index in [2.05, 4.69) is 0 Å². The molecule has 1 spiro atoms. The first kappa shape index (κ1) is 9.04. The third kappa shape index (κ3) is 1.72. The molecule has 0 aromatic carbocycles. The van der Waals surface area contributed by atoms with Crippen LogP contribution in [-0.4, -0.2) is 11.1 Å². The van der Waals surface area contributed by atoms with E-state index < -0.39 is 5.97 Å². The van der Waals surface area contributed by atoms with Crippen molar-refractivity contribution in [3.8, 4) is 0 Å². The number of carboxylic acids is 1. The molecule has 2 heteroatoms. The average molecular weight is 182 g/mol. The third-order valence-electron chi connectivity index (χ3n) is 4.06. The molecule has 2 nitrogen and oxygen atoms in total. The van der Waals surface area contributed by atoms with Crippen LogP contribution in [0.2, 0.25) is 0 Å². The number of hydrogen-bond donors (Lipinski definition) is 1. The summed E-state index contributed by atoms with van der Waals surface area (Å²) < 4.78 is 0. The van der Waals surface area contributed by atoms with Crippen molar-refractivity contribution in [2.75, 3.05) is 0 Å². The topological polar surface area (TPSA) is 37.3 Å². The summed E-state index contributed by atoms with van der Waals surface area (Å²) in [6.07, 6.45) is 9.66. The molecule has 0 amide bonds. The maximum atomic E-state index is 10.8. The molecule has 2 fully saturated rings. The highest BCUT2D eigenvalue weighted by atomic mass is 16.4. The van der Waals surface area contributed by atoms with Crippen LogP contribution in [0.15, 0.2) is 0 Å². The van der Waals surface area contributed by atoms with Gasteiger partial charge in [0.1, 0.15) is 0 Å². The summed E-state index contributed by atoms with van der Waals surface area (Å²) >= 11 is 0. The van der Waals surface area contributed by atoms with Gasteiger partial charge in [0.2, 0.25) is 0 Å². The van der Waals surface area contributed by atoms with Gasteiger partial charge in [0.05, 0.1) is 5.92 Å². The molecule has 2 aliphatic rings. The number of aliphatic carboxylic acids is 1. The maximum absolute atomic E-state index is 10.8. The van der Waals surface area contributed by atoms with Crippen LogP contribution in [-0.2, 0) is 4.79 Å². The molecule has 0 aromatic rings. The van der Waals surface area contributed by atoms with Crippen molar-refractivity contribution in [1.29, 1.82) is 0 Å². The molecule has 2 aliphatic carbocycles.